The largest absolute Gasteiger partial charge is 0.375 e. The number of imidazole rings is 2. The van der Waals surface area contributed by atoms with E-state index in [1.165, 1.54) is 11.4 Å². The van der Waals surface area contributed by atoms with Gasteiger partial charge in [-0.1, -0.05) is 13.8 Å². The fourth-order valence-corrected chi connectivity index (χ4v) is 2.48. The Balaban J connectivity index is 1.74. The second kappa shape index (κ2) is 8.62. The van der Waals surface area contributed by atoms with Crippen molar-refractivity contribution >= 4 is 0 Å². The van der Waals surface area contributed by atoms with Gasteiger partial charge in [0.15, 0.2) is 0 Å². The van der Waals surface area contributed by atoms with Crippen molar-refractivity contribution in [2.75, 3.05) is 0 Å². The molecule has 5 nitrogen and oxygen atoms in total. The molecule has 0 spiro atoms. The first-order valence-electron chi connectivity index (χ1n) is 7.91. The number of hydrogen-bond donors (Lipinski definition) is 2. The Hall–Kier alpha value is -1.62. The first-order chi connectivity index (χ1) is 10.3. The summed E-state index contributed by atoms with van der Waals surface area (Å²) in [5.41, 5.74) is 2.37. The minimum absolute atomic E-state index is 0.319. The topological polar surface area (TPSA) is 66.6 Å². The van der Waals surface area contributed by atoms with E-state index >= 15 is 0 Å². The summed E-state index contributed by atoms with van der Waals surface area (Å²) in [6, 6.07) is 0. The van der Waals surface area contributed by atoms with Crippen molar-refractivity contribution in [3.8, 4) is 0 Å². The zero-order chi connectivity index (χ0) is 14.9. The molecule has 0 aliphatic rings. The summed E-state index contributed by atoms with van der Waals surface area (Å²) >= 11 is 0. The summed E-state index contributed by atoms with van der Waals surface area (Å²) < 4.78 is 6.28. The lowest BCUT2D eigenvalue weighted by molar-refractivity contribution is -0.0234. The van der Waals surface area contributed by atoms with Crippen LogP contribution < -0.4 is 0 Å². The highest BCUT2D eigenvalue weighted by Crippen LogP contribution is 2.16. The third-order valence-corrected chi connectivity index (χ3v) is 3.88. The predicted octanol–water partition coefficient (Wildman–Crippen LogP) is 3.27. The van der Waals surface area contributed by atoms with Crippen LogP contribution in [0.4, 0.5) is 0 Å². The minimum Gasteiger partial charge on any atom is -0.375 e. The average molecular weight is 290 g/mol. The van der Waals surface area contributed by atoms with Crippen molar-refractivity contribution in [1.82, 2.24) is 19.9 Å². The number of aromatic amines is 2. The van der Waals surface area contributed by atoms with Crippen molar-refractivity contribution in [2.24, 2.45) is 0 Å². The van der Waals surface area contributed by atoms with Crippen molar-refractivity contribution in [2.45, 2.75) is 64.6 Å². The molecule has 2 aromatic rings. The third kappa shape index (κ3) is 5.34. The van der Waals surface area contributed by atoms with Crippen LogP contribution in [0.25, 0.3) is 0 Å². The van der Waals surface area contributed by atoms with Crippen LogP contribution in [0, 0.1) is 0 Å². The summed E-state index contributed by atoms with van der Waals surface area (Å²) in [5.74, 6) is 0. The van der Waals surface area contributed by atoms with Gasteiger partial charge in [-0.05, 0) is 38.5 Å². The Labute approximate surface area is 126 Å². The number of nitrogens with one attached hydrogen (secondary N) is 2. The lowest BCUT2D eigenvalue weighted by Crippen LogP contribution is -2.22. The van der Waals surface area contributed by atoms with Gasteiger partial charge in [0.25, 0.3) is 0 Å². The van der Waals surface area contributed by atoms with Gasteiger partial charge in [0, 0.05) is 23.8 Å². The van der Waals surface area contributed by atoms with Crippen molar-refractivity contribution in [3.05, 3.63) is 36.4 Å². The first kappa shape index (κ1) is 15.8. The van der Waals surface area contributed by atoms with Crippen LogP contribution >= 0.6 is 0 Å². The molecule has 0 aliphatic carbocycles. The number of aryl methyl sites for hydroxylation is 2. The third-order valence-electron chi connectivity index (χ3n) is 3.88. The van der Waals surface area contributed by atoms with Gasteiger partial charge in [0.1, 0.15) is 0 Å². The van der Waals surface area contributed by atoms with Crippen LogP contribution in [-0.2, 0) is 17.6 Å². The summed E-state index contributed by atoms with van der Waals surface area (Å²) in [5, 5.41) is 0. The molecule has 2 aromatic heterocycles. The van der Waals surface area contributed by atoms with Crippen molar-refractivity contribution in [3.63, 3.8) is 0 Å². The molecule has 0 aromatic carbocycles. The molecule has 2 heterocycles. The maximum atomic E-state index is 6.28. The second-order valence-corrected chi connectivity index (χ2v) is 5.43. The van der Waals surface area contributed by atoms with E-state index < -0.39 is 0 Å². The monoisotopic (exact) mass is 290 g/mol. The molecule has 2 unspecified atom stereocenters. The molecular formula is C16H26N4O. The molecule has 5 heteroatoms. The predicted molar refractivity (Wildman–Crippen MR) is 83.1 cm³/mol. The molecule has 0 aliphatic heterocycles. The van der Waals surface area contributed by atoms with Gasteiger partial charge >= 0.3 is 0 Å². The molecule has 2 N–H and O–H groups in total. The quantitative estimate of drug-likeness (QED) is 0.705. The Morgan fingerprint density at radius 1 is 0.905 bits per heavy atom. The number of rotatable bonds is 10. The van der Waals surface area contributed by atoms with Gasteiger partial charge in [-0.2, -0.15) is 0 Å². The van der Waals surface area contributed by atoms with E-state index in [0.29, 0.717) is 12.2 Å². The van der Waals surface area contributed by atoms with Crippen molar-refractivity contribution < 1.29 is 4.74 Å². The Bertz CT molecular complexity index is 422. The fourth-order valence-electron chi connectivity index (χ4n) is 2.48. The Morgan fingerprint density at radius 2 is 1.38 bits per heavy atom. The molecule has 0 bridgehead atoms. The molecule has 21 heavy (non-hydrogen) atoms. The van der Waals surface area contributed by atoms with Gasteiger partial charge in [-0.3, -0.25) is 0 Å². The zero-order valence-electron chi connectivity index (χ0n) is 13.0. The van der Waals surface area contributed by atoms with Crippen LogP contribution in [0.15, 0.2) is 25.0 Å². The van der Waals surface area contributed by atoms with Crippen molar-refractivity contribution in [1.29, 1.82) is 0 Å². The zero-order valence-corrected chi connectivity index (χ0v) is 13.0. The normalized spacial score (nSPS) is 14.2. The van der Waals surface area contributed by atoms with Crippen LogP contribution in [0.5, 0.6) is 0 Å². The summed E-state index contributed by atoms with van der Waals surface area (Å²) in [4.78, 5) is 14.4. The number of hydrogen-bond acceptors (Lipinski definition) is 3. The smallest absolute Gasteiger partial charge is 0.0921 e. The maximum absolute atomic E-state index is 6.28. The average Bonchev–Trinajstić information content (AvgIpc) is 3.20. The van der Waals surface area contributed by atoms with Gasteiger partial charge in [0.05, 0.1) is 24.9 Å². The lowest BCUT2D eigenvalue weighted by atomic mass is 10.1. The van der Waals surface area contributed by atoms with E-state index in [9.17, 15) is 0 Å². The van der Waals surface area contributed by atoms with E-state index in [4.69, 9.17) is 4.74 Å². The molecule has 2 atom stereocenters. The fraction of sp³-hybridized carbons (Fsp3) is 0.625. The van der Waals surface area contributed by atoms with Crippen LogP contribution in [0.3, 0.4) is 0 Å². The van der Waals surface area contributed by atoms with Gasteiger partial charge in [0.2, 0.25) is 0 Å². The first-order valence-corrected chi connectivity index (χ1v) is 7.91. The van der Waals surface area contributed by atoms with E-state index in [-0.39, 0.29) is 0 Å². The molecule has 0 radical (unpaired) electrons. The minimum atomic E-state index is 0.319. The standard InChI is InChI=1S/C16H26N4O/c1-3-15(7-5-13-9-17-11-19-13)21-16(4-2)8-6-14-10-18-12-20-14/h9-12,15-16H,3-8H2,1-2H3,(H,17,19)(H,18,20). The number of H-pyrrole nitrogens is 2. The highest BCUT2D eigenvalue weighted by Gasteiger charge is 2.14. The van der Waals surface area contributed by atoms with Crippen LogP contribution in [0.2, 0.25) is 0 Å². The molecule has 0 saturated carbocycles. The number of nitrogens with zero attached hydrogens (tertiary/aromatic N) is 2. The van der Waals surface area contributed by atoms with Crippen LogP contribution in [-0.4, -0.2) is 32.1 Å². The SMILES string of the molecule is CCC(CCc1cnc[nH]1)OC(CC)CCc1cnc[nH]1. The van der Waals surface area contributed by atoms with E-state index in [1.54, 1.807) is 12.7 Å². The van der Waals surface area contributed by atoms with E-state index in [0.717, 1.165) is 38.5 Å². The second-order valence-electron chi connectivity index (χ2n) is 5.43. The molecular weight excluding hydrogens is 264 g/mol. The molecule has 0 amide bonds. The molecule has 0 saturated heterocycles. The van der Waals surface area contributed by atoms with Crippen LogP contribution in [0.1, 0.15) is 50.9 Å². The Morgan fingerprint density at radius 3 is 1.71 bits per heavy atom. The summed E-state index contributed by atoms with van der Waals surface area (Å²) in [6.45, 7) is 4.39. The molecule has 2 rings (SSSR count). The molecule has 116 valence electrons. The highest BCUT2D eigenvalue weighted by atomic mass is 16.5. The summed E-state index contributed by atoms with van der Waals surface area (Å²) in [6.07, 6.45) is 14.1. The lowest BCUT2D eigenvalue weighted by Gasteiger charge is -2.23. The van der Waals surface area contributed by atoms with Gasteiger partial charge in [-0.15, -0.1) is 0 Å². The number of ether oxygens (including phenoxy) is 1. The van der Waals surface area contributed by atoms with E-state index in [2.05, 4.69) is 33.8 Å². The Kier molecular flexibility index (Phi) is 6.47. The summed E-state index contributed by atoms with van der Waals surface area (Å²) in [7, 11) is 0. The highest BCUT2D eigenvalue weighted by molar-refractivity contribution is 4.95. The molecule has 0 fully saturated rings. The van der Waals surface area contributed by atoms with E-state index in [1.807, 2.05) is 12.4 Å². The maximum Gasteiger partial charge on any atom is 0.0921 e. The van der Waals surface area contributed by atoms with Gasteiger partial charge in [-0.25, -0.2) is 9.97 Å². The van der Waals surface area contributed by atoms with Gasteiger partial charge < -0.3 is 14.7 Å². The number of aromatic nitrogens is 4.